The molecule has 0 saturated carbocycles. The number of nitrogens with two attached hydrogens (primary N) is 1. The zero-order valence-corrected chi connectivity index (χ0v) is 10.3. The summed E-state index contributed by atoms with van der Waals surface area (Å²) in [4.78, 5) is 19.4. The van der Waals surface area contributed by atoms with E-state index in [1.54, 1.807) is 13.2 Å². The molecule has 7 nitrogen and oxygen atoms in total. The fourth-order valence-electron chi connectivity index (χ4n) is 1.86. The number of rotatable bonds is 5. The quantitative estimate of drug-likeness (QED) is 0.675. The molecule has 1 aliphatic heterocycles. The van der Waals surface area contributed by atoms with Gasteiger partial charge in [-0.15, -0.1) is 0 Å². The van der Waals surface area contributed by atoms with Crippen molar-refractivity contribution in [3.8, 4) is 0 Å². The molecule has 1 saturated heterocycles. The Morgan fingerprint density at radius 3 is 3.11 bits per heavy atom. The Balaban J connectivity index is 1.94. The van der Waals surface area contributed by atoms with Crippen molar-refractivity contribution in [3.63, 3.8) is 0 Å². The molecule has 1 fully saturated rings. The van der Waals surface area contributed by atoms with Crippen molar-refractivity contribution in [2.75, 3.05) is 24.7 Å². The smallest absolute Gasteiger partial charge is 0.220 e. The molecular formula is C11H17N5O2. The summed E-state index contributed by atoms with van der Waals surface area (Å²) in [6, 6.07) is 1.82. The van der Waals surface area contributed by atoms with Crippen LogP contribution in [0.3, 0.4) is 0 Å². The van der Waals surface area contributed by atoms with E-state index >= 15 is 0 Å². The van der Waals surface area contributed by atoms with Gasteiger partial charge in [-0.25, -0.2) is 9.97 Å². The molecule has 1 aliphatic rings. The zero-order valence-electron chi connectivity index (χ0n) is 10.3. The maximum atomic E-state index is 11.1. The summed E-state index contributed by atoms with van der Waals surface area (Å²) >= 11 is 0. The standard InChI is InChI=1S/C11H17N5O2/c1-18-6-10-15-8(12)4-9(16-10)13-5-7-2-3-11(17)14-7/h4,7H,2-3,5-6H2,1H3,(H,14,17)(H3,12,13,15,16). The van der Waals surface area contributed by atoms with E-state index < -0.39 is 0 Å². The highest BCUT2D eigenvalue weighted by molar-refractivity contribution is 5.78. The highest BCUT2D eigenvalue weighted by Crippen LogP contribution is 2.11. The number of nitrogens with one attached hydrogen (secondary N) is 2. The van der Waals surface area contributed by atoms with Gasteiger partial charge in [0.1, 0.15) is 18.2 Å². The number of ether oxygens (including phenoxy) is 1. The first kappa shape index (κ1) is 12.6. The minimum absolute atomic E-state index is 0.101. The lowest BCUT2D eigenvalue weighted by Crippen LogP contribution is -2.32. The van der Waals surface area contributed by atoms with Crippen LogP contribution in [0.2, 0.25) is 0 Å². The Labute approximate surface area is 105 Å². The fraction of sp³-hybridized carbons (Fsp3) is 0.545. The highest BCUT2D eigenvalue weighted by Gasteiger charge is 2.20. The summed E-state index contributed by atoms with van der Waals surface area (Å²) in [5.41, 5.74) is 5.68. The van der Waals surface area contributed by atoms with Gasteiger partial charge in [0.05, 0.1) is 0 Å². The second-order valence-corrected chi connectivity index (χ2v) is 4.21. The van der Waals surface area contributed by atoms with E-state index in [0.29, 0.717) is 37.0 Å². The molecule has 7 heteroatoms. The van der Waals surface area contributed by atoms with Crippen LogP contribution in [0.1, 0.15) is 18.7 Å². The van der Waals surface area contributed by atoms with Crippen LogP contribution in [-0.4, -0.2) is 35.6 Å². The zero-order chi connectivity index (χ0) is 13.0. The average molecular weight is 251 g/mol. The van der Waals surface area contributed by atoms with Crippen molar-refractivity contribution in [3.05, 3.63) is 11.9 Å². The van der Waals surface area contributed by atoms with Gasteiger partial charge in [-0.05, 0) is 6.42 Å². The first-order valence-corrected chi connectivity index (χ1v) is 5.83. The SMILES string of the molecule is COCc1nc(N)cc(NCC2CCC(=O)N2)n1. The fourth-order valence-corrected chi connectivity index (χ4v) is 1.86. The number of hydrogen-bond donors (Lipinski definition) is 3. The van der Waals surface area contributed by atoms with Gasteiger partial charge in [0.15, 0.2) is 5.82 Å². The maximum absolute atomic E-state index is 11.1. The Hall–Kier alpha value is -1.89. The lowest BCUT2D eigenvalue weighted by atomic mass is 10.2. The van der Waals surface area contributed by atoms with Crippen LogP contribution < -0.4 is 16.4 Å². The Morgan fingerprint density at radius 2 is 2.44 bits per heavy atom. The van der Waals surface area contributed by atoms with E-state index in [4.69, 9.17) is 10.5 Å². The summed E-state index contributed by atoms with van der Waals surface area (Å²) in [6.45, 7) is 0.953. The van der Waals surface area contributed by atoms with Crippen LogP contribution >= 0.6 is 0 Å². The van der Waals surface area contributed by atoms with Gasteiger partial charge in [0.2, 0.25) is 5.91 Å². The van der Waals surface area contributed by atoms with Gasteiger partial charge in [-0.2, -0.15) is 0 Å². The van der Waals surface area contributed by atoms with Crippen molar-refractivity contribution in [2.24, 2.45) is 0 Å². The van der Waals surface area contributed by atoms with Crippen LogP contribution in [0, 0.1) is 0 Å². The molecule has 2 heterocycles. The monoisotopic (exact) mass is 251 g/mol. The van der Waals surface area contributed by atoms with Gasteiger partial charge in [0, 0.05) is 32.2 Å². The number of aromatic nitrogens is 2. The Morgan fingerprint density at radius 1 is 1.61 bits per heavy atom. The lowest BCUT2D eigenvalue weighted by Gasteiger charge is -2.12. The summed E-state index contributed by atoms with van der Waals surface area (Å²) in [5.74, 6) is 1.69. The summed E-state index contributed by atoms with van der Waals surface area (Å²) in [5, 5.41) is 6.02. The molecule has 1 aromatic rings. The minimum Gasteiger partial charge on any atom is -0.384 e. The van der Waals surface area contributed by atoms with Crippen molar-refractivity contribution < 1.29 is 9.53 Å². The number of nitrogen functional groups attached to an aromatic ring is 1. The first-order chi connectivity index (χ1) is 8.67. The predicted molar refractivity (Wildman–Crippen MR) is 66.8 cm³/mol. The van der Waals surface area contributed by atoms with Crippen LogP contribution in [0.25, 0.3) is 0 Å². The first-order valence-electron chi connectivity index (χ1n) is 5.83. The third kappa shape index (κ3) is 3.30. The van der Waals surface area contributed by atoms with Crippen molar-refractivity contribution >= 4 is 17.5 Å². The van der Waals surface area contributed by atoms with Crippen molar-refractivity contribution in [1.82, 2.24) is 15.3 Å². The molecule has 18 heavy (non-hydrogen) atoms. The number of anilines is 2. The third-order valence-electron chi connectivity index (χ3n) is 2.68. The van der Waals surface area contributed by atoms with E-state index in [9.17, 15) is 4.79 Å². The average Bonchev–Trinajstić information content (AvgIpc) is 2.72. The van der Waals surface area contributed by atoms with Crippen LogP contribution in [0.4, 0.5) is 11.6 Å². The molecule has 0 aromatic carbocycles. The normalized spacial score (nSPS) is 18.7. The highest BCUT2D eigenvalue weighted by atomic mass is 16.5. The number of methoxy groups -OCH3 is 1. The Bertz CT molecular complexity index is 437. The predicted octanol–water partition coefficient (Wildman–Crippen LogP) is -0.104. The number of hydrogen-bond acceptors (Lipinski definition) is 6. The maximum Gasteiger partial charge on any atom is 0.220 e. The summed E-state index contributed by atoms with van der Waals surface area (Å²) < 4.78 is 4.96. The molecule has 0 spiro atoms. The minimum atomic E-state index is 0.101. The molecule has 2 rings (SSSR count). The molecule has 4 N–H and O–H groups in total. The molecule has 1 atom stereocenters. The van der Waals surface area contributed by atoms with Gasteiger partial charge in [-0.3, -0.25) is 4.79 Å². The molecule has 0 aliphatic carbocycles. The van der Waals surface area contributed by atoms with Gasteiger partial charge < -0.3 is 21.1 Å². The molecule has 1 amide bonds. The number of carbonyl (C=O) groups is 1. The van der Waals surface area contributed by atoms with Crippen molar-refractivity contribution in [1.29, 1.82) is 0 Å². The van der Waals surface area contributed by atoms with E-state index in [1.807, 2.05) is 0 Å². The second-order valence-electron chi connectivity index (χ2n) is 4.21. The van der Waals surface area contributed by atoms with E-state index in [1.165, 1.54) is 0 Å². The lowest BCUT2D eigenvalue weighted by molar-refractivity contribution is -0.119. The Kier molecular flexibility index (Phi) is 3.93. The van der Waals surface area contributed by atoms with Gasteiger partial charge >= 0.3 is 0 Å². The molecule has 0 bridgehead atoms. The van der Waals surface area contributed by atoms with Crippen LogP contribution in [0.5, 0.6) is 0 Å². The van der Waals surface area contributed by atoms with E-state index in [2.05, 4.69) is 20.6 Å². The molecular weight excluding hydrogens is 234 g/mol. The second kappa shape index (κ2) is 5.63. The van der Waals surface area contributed by atoms with Crippen LogP contribution in [-0.2, 0) is 16.1 Å². The molecule has 98 valence electrons. The molecule has 1 aromatic heterocycles. The number of carbonyl (C=O) groups excluding carboxylic acids is 1. The number of amides is 1. The van der Waals surface area contributed by atoms with Crippen LogP contribution in [0.15, 0.2) is 6.07 Å². The molecule has 1 unspecified atom stereocenters. The topological polar surface area (TPSA) is 102 Å². The largest absolute Gasteiger partial charge is 0.384 e. The van der Waals surface area contributed by atoms with Gasteiger partial charge in [0.25, 0.3) is 0 Å². The van der Waals surface area contributed by atoms with Gasteiger partial charge in [-0.1, -0.05) is 0 Å². The summed E-state index contributed by atoms with van der Waals surface area (Å²) in [7, 11) is 1.58. The van der Waals surface area contributed by atoms with Crippen molar-refractivity contribution in [2.45, 2.75) is 25.5 Å². The van der Waals surface area contributed by atoms with E-state index in [0.717, 1.165) is 6.42 Å². The third-order valence-corrected chi connectivity index (χ3v) is 2.68. The summed E-state index contributed by atoms with van der Waals surface area (Å²) in [6.07, 6.45) is 1.44. The number of nitrogens with zero attached hydrogens (tertiary/aromatic N) is 2. The van der Waals surface area contributed by atoms with E-state index in [-0.39, 0.29) is 11.9 Å². The molecule has 0 radical (unpaired) electrons.